The Hall–Kier alpha value is -1.56. The lowest BCUT2D eigenvalue weighted by Crippen LogP contribution is -2.21. The zero-order valence-electron chi connectivity index (χ0n) is 9.71. The molecule has 0 saturated heterocycles. The van der Waals surface area contributed by atoms with E-state index in [0.29, 0.717) is 17.2 Å². The first-order chi connectivity index (χ1) is 8.00. The molecule has 0 atom stereocenters. The van der Waals surface area contributed by atoms with Crippen LogP contribution in [0.3, 0.4) is 0 Å². The van der Waals surface area contributed by atoms with Crippen molar-refractivity contribution in [3.8, 4) is 0 Å². The summed E-state index contributed by atoms with van der Waals surface area (Å²) < 4.78 is 0. The molecule has 92 valence electrons. The van der Waals surface area contributed by atoms with Gasteiger partial charge in [-0.3, -0.25) is 4.79 Å². The molecule has 0 aliphatic heterocycles. The maximum atomic E-state index is 11.3. The van der Waals surface area contributed by atoms with Gasteiger partial charge in [-0.2, -0.15) is 0 Å². The van der Waals surface area contributed by atoms with E-state index in [4.69, 9.17) is 5.11 Å². The van der Waals surface area contributed by atoms with Gasteiger partial charge >= 0.3 is 5.97 Å². The lowest BCUT2D eigenvalue weighted by molar-refractivity contribution is -0.128. The molecule has 1 aromatic rings. The normalized spacial score (nSPS) is 10.0. The lowest BCUT2D eigenvalue weighted by Gasteiger charge is -2.09. The topological polar surface area (TPSA) is 70.5 Å². The number of carbonyl (C=O) groups excluding carboxylic acids is 1. The van der Waals surface area contributed by atoms with Crippen LogP contribution in [0.25, 0.3) is 0 Å². The van der Waals surface area contributed by atoms with E-state index in [-0.39, 0.29) is 11.5 Å². The van der Waals surface area contributed by atoms with E-state index in [9.17, 15) is 9.59 Å². The number of rotatable bonds is 5. The number of aromatic carboxylic acids is 1. The summed E-state index contributed by atoms with van der Waals surface area (Å²) in [6.07, 6.45) is 1.87. The van der Waals surface area contributed by atoms with Gasteiger partial charge in [-0.25, -0.2) is 9.78 Å². The maximum Gasteiger partial charge on any atom is 0.335 e. The first kappa shape index (κ1) is 13.5. The molecule has 6 heteroatoms. The number of nitrogens with zero attached hydrogens (tertiary/aromatic N) is 2. The van der Waals surface area contributed by atoms with Crippen molar-refractivity contribution in [2.75, 3.05) is 19.8 Å². The highest BCUT2D eigenvalue weighted by Gasteiger charge is 2.07. The SMILES string of the molecule is CN(C)C(=O)CCSc1cc(C(=O)O)ccn1. The van der Waals surface area contributed by atoms with Crippen LogP contribution in [0, 0.1) is 0 Å². The number of carboxylic acids is 1. The lowest BCUT2D eigenvalue weighted by atomic mass is 10.3. The highest BCUT2D eigenvalue weighted by molar-refractivity contribution is 7.99. The molecular weight excluding hydrogens is 240 g/mol. The molecule has 1 heterocycles. The Bertz CT molecular complexity index is 421. The molecule has 0 aromatic carbocycles. The van der Waals surface area contributed by atoms with E-state index in [2.05, 4.69) is 4.98 Å². The minimum absolute atomic E-state index is 0.0480. The minimum Gasteiger partial charge on any atom is -0.478 e. The average molecular weight is 254 g/mol. The zero-order chi connectivity index (χ0) is 12.8. The van der Waals surface area contributed by atoms with Crippen molar-refractivity contribution >= 4 is 23.6 Å². The second-order valence-electron chi connectivity index (χ2n) is 3.57. The molecule has 0 unspecified atom stereocenters. The Morgan fingerprint density at radius 1 is 1.47 bits per heavy atom. The molecule has 1 amide bonds. The third-order valence-corrected chi connectivity index (χ3v) is 2.97. The summed E-state index contributed by atoms with van der Waals surface area (Å²) in [6.45, 7) is 0. The minimum atomic E-state index is -0.974. The number of carboxylic acid groups (broad SMARTS) is 1. The predicted molar refractivity (Wildman–Crippen MR) is 65.2 cm³/mol. The van der Waals surface area contributed by atoms with Crippen LogP contribution in [0.15, 0.2) is 23.4 Å². The second kappa shape index (κ2) is 6.24. The van der Waals surface area contributed by atoms with Gasteiger partial charge in [0.1, 0.15) is 0 Å². The van der Waals surface area contributed by atoms with Crippen LogP contribution >= 0.6 is 11.8 Å². The van der Waals surface area contributed by atoms with Gasteiger partial charge in [-0.05, 0) is 12.1 Å². The Morgan fingerprint density at radius 2 is 2.18 bits per heavy atom. The van der Waals surface area contributed by atoms with Crippen molar-refractivity contribution in [2.24, 2.45) is 0 Å². The summed E-state index contributed by atoms with van der Waals surface area (Å²) in [7, 11) is 3.41. The third-order valence-electron chi connectivity index (χ3n) is 2.05. The molecule has 5 nitrogen and oxygen atoms in total. The van der Waals surface area contributed by atoms with Crippen molar-refractivity contribution < 1.29 is 14.7 Å². The van der Waals surface area contributed by atoms with Gasteiger partial charge in [-0.15, -0.1) is 11.8 Å². The van der Waals surface area contributed by atoms with Crippen molar-refractivity contribution in [2.45, 2.75) is 11.4 Å². The smallest absolute Gasteiger partial charge is 0.335 e. The molecule has 17 heavy (non-hydrogen) atoms. The number of carbonyl (C=O) groups is 2. The van der Waals surface area contributed by atoms with Gasteiger partial charge in [0, 0.05) is 32.5 Å². The Kier molecular flexibility index (Phi) is 4.96. The summed E-state index contributed by atoms with van der Waals surface area (Å²) in [6, 6.07) is 2.95. The van der Waals surface area contributed by atoms with Crippen LogP contribution in [0.1, 0.15) is 16.8 Å². The fraction of sp³-hybridized carbons (Fsp3) is 0.364. The molecular formula is C11H14N2O3S. The van der Waals surface area contributed by atoms with Crippen molar-refractivity contribution in [3.63, 3.8) is 0 Å². The largest absolute Gasteiger partial charge is 0.478 e. The summed E-state index contributed by atoms with van der Waals surface area (Å²) in [5.74, 6) is -0.335. The molecule has 0 aliphatic carbocycles. The molecule has 1 rings (SSSR count). The first-order valence-corrected chi connectivity index (χ1v) is 6.01. The number of pyridine rings is 1. The van der Waals surface area contributed by atoms with Gasteiger partial charge < -0.3 is 10.0 Å². The molecule has 1 N–H and O–H groups in total. The third kappa shape index (κ3) is 4.44. The van der Waals surface area contributed by atoms with E-state index in [1.807, 2.05) is 0 Å². The monoisotopic (exact) mass is 254 g/mol. The fourth-order valence-corrected chi connectivity index (χ4v) is 1.92. The van der Waals surface area contributed by atoms with Crippen LogP contribution < -0.4 is 0 Å². The summed E-state index contributed by atoms with van der Waals surface area (Å²) in [5.41, 5.74) is 0.210. The Balaban J connectivity index is 2.50. The van der Waals surface area contributed by atoms with Gasteiger partial charge in [0.25, 0.3) is 0 Å². The van der Waals surface area contributed by atoms with Gasteiger partial charge in [0.15, 0.2) is 0 Å². The molecule has 1 aromatic heterocycles. The number of amides is 1. The van der Waals surface area contributed by atoms with Crippen molar-refractivity contribution in [1.82, 2.24) is 9.88 Å². The van der Waals surface area contributed by atoms with Crippen LogP contribution in [-0.4, -0.2) is 46.7 Å². The van der Waals surface area contributed by atoms with Gasteiger partial charge in [0.05, 0.1) is 10.6 Å². The van der Waals surface area contributed by atoms with Crippen LogP contribution in [0.2, 0.25) is 0 Å². The summed E-state index contributed by atoms with van der Waals surface area (Å²) in [5, 5.41) is 9.42. The standard InChI is InChI=1S/C11H14N2O3S/c1-13(2)10(14)4-6-17-9-7-8(11(15)16)3-5-12-9/h3,5,7H,4,6H2,1-2H3,(H,15,16). The Labute approximate surface area is 104 Å². The number of hydrogen-bond donors (Lipinski definition) is 1. The Morgan fingerprint density at radius 3 is 2.76 bits per heavy atom. The van der Waals surface area contributed by atoms with Gasteiger partial charge in [-0.1, -0.05) is 0 Å². The number of thioether (sulfide) groups is 1. The maximum absolute atomic E-state index is 11.3. The zero-order valence-corrected chi connectivity index (χ0v) is 10.5. The van der Waals surface area contributed by atoms with E-state index in [0.717, 1.165) is 0 Å². The summed E-state index contributed by atoms with van der Waals surface area (Å²) in [4.78, 5) is 27.6. The fourth-order valence-electron chi connectivity index (χ4n) is 1.09. The molecule has 0 fully saturated rings. The molecule has 0 aliphatic rings. The predicted octanol–water partition coefficient (Wildman–Crippen LogP) is 1.35. The van der Waals surface area contributed by atoms with E-state index >= 15 is 0 Å². The highest BCUT2D eigenvalue weighted by Crippen LogP contribution is 2.17. The summed E-state index contributed by atoms with van der Waals surface area (Å²) >= 11 is 1.38. The van der Waals surface area contributed by atoms with Crippen LogP contribution in [0.4, 0.5) is 0 Å². The molecule has 0 saturated carbocycles. The van der Waals surface area contributed by atoms with Crippen LogP contribution in [-0.2, 0) is 4.79 Å². The molecule has 0 radical (unpaired) electrons. The van der Waals surface area contributed by atoms with Crippen molar-refractivity contribution in [1.29, 1.82) is 0 Å². The van der Waals surface area contributed by atoms with E-state index in [1.54, 1.807) is 14.1 Å². The van der Waals surface area contributed by atoms with Crippen LogP contribution in [0.5, 0.6) is 0 Å². The average Bonchev–Trinajstić information content (AvgIpc) is 2.29. The number of hydrogen-bond acceptors (Lipinski definition) is 4. The van der Waals surface area contributed by atoms with Crippen molar-refractivity contribution in [3.05, 3.63) is 23.9 Å². The quantitative estimate of drug-likeness (QED) is 0.803. The highest BCUT2D eigenvalue weighted by atomic mass is 32.2. The van der Waals surface area contributed by atoms with E-state index in [1.165, 1.54) is 35.0 Å². The van der Waals surface area contributed by atoms with E-state index < -0.39 is 5.97 Å². The molecule has 0 bridgehead atoms. The number of aromatic nitrogens is 1. The first-order valence-electron chi connectivity index (χ1n) is 5.03. The van der Waals surface area contributed by atoms with Gasteiger partial charge in [0.2, 0.25) is 5.91 Å². The molecule has 0 spiro atoms. The second-order valence-corrected chi connectivity index (χ2v) is 4.69.